The first kappa shape index (κ1) is 18.5. The summed E-state index contributed by atoms with van der Waals surface area (Å²) in [6, 6.07) is 8.05. The molecule has 0 aromatic heterocycles. The number of rotatable bonds is 4. The fourth-order valence-electron chi connectivity index (χ4n) is 6.52. The zero-order valence-corrected chi connectivity index (χ0v) is 17.5. The van der Waals surface area contributed by atoms with Crippen molar-refractivity contribution in [1.29, 1.82) is 0 Å². The number of carbonyl (C=O) groups excluding carboxylic acids is 1. The fraction of sp³-hybridized carbons (Fsp3) is 0.708. The van der Waals surface area contributed by atoms with E-state index in [-0.39, 0.29) is 11.8 Å². The molecule has 1 N–H and O–H groups in total. The molecule has 2 saturated heterocycles. The Hall–Kier alpha value is -1.55. The number of nitrogens with zero attached hydrogens (tertiary/aromatic N) is 2. The van der Waals surface area contributed by atoms with E-state index >= 15 is 0 Å². The summed E-state index contributed by atoms with van der Waals surface area (Å²) < 4.78 is 0. The number of likely N-dealkylation sites (tertiary alicyclic amines) is 1. The molecule has 4 fully saturated rings. The highest BCUT2D eigenvalue weighted by Gasteiger charge is 2.43. The van der Waals surface area contributed by atoms with Gasteiger partial charge in [-0.3, -0.25) is 9.69 Å². The van der Waals surface area contributed by atoms with Gasteiger partial charge in [0, 0.05) is 42.5 Å². The molecule has 0 spiro atoms. The molecule has 2 saturated carbocycles. The normalized spacial score (nSPS) is 35.1. The lowest BCUT2D eigenvalue weighted by atomic mass is 9.88. The van der Waals surface area contributed by atoms with Crippen molar-refractivity contribution in [2.24, 2.45) is 17.8 Å². The van der Waals surface area contributed by atoms with Crippen molar-refractivity contribution in [2.75, 3.05) is 29.9 Å². The van der Waals surface area contributed by atoms with Gasteiger partial charge in [-0.25, -0.2) is 0 Å². The molecule has 3 unspecified atom stereocenters. The van der Waals surface area contributed by atoms with Gasteiger partial charge in [0.1, 0.15) is 0 Å². The molecule has 2 aliphatic carbocycles. The van der Waals surface area contributed by atoms with Gasteiger partial charge in [0.15, 0.2) is 0 Å². The van der Waals surface area contributed by atoms with E-state index in [1.165, 1.54) is 56.3 Å². The Bertz CT molecular complexity index is 747. The molecule has 2 bridgehead atoms. The minimum atomic E-state index is 0.250. The highest BCUT2D eigenvalue weighted by molar-refractivity contribution is 5.94. The largest absolute Gasteiger partial charge is 0.370 e. The zero-order chi connectivity index (χ0) is 19.3. The zero-order valence-electron chi connectivity index (χ0n) is 17.5. The summed E-state index contributed by atoms with van der Waals surface area (Å²) >= 11 is 0. The molecule has 2 aliphatic heterocycles. The van der Waals surface area contributed by atoms with Crippen molar-refractivity contribution < 1.29 is 4.79 Å². The summed E-state index contributed by atoms with van der Waals surface area (Å²) in [5.74, 6) is 1.96. The van der Waals surface area contributed by atoms with E-state index in [2.05, 4.69) is 47.2 Å². The maximum absolute atomic E-state index is 12.8. The van der Waals surface area contributed by atoms with Crippen LogP contribution in [0.4, 0.5) is 11.4 Å². The summed E-state index contributed by atoms with van der Waals surface area (Å²) in [5.41, 5.74) is 3.50. The van der Waals surface area contributed by atoms with Gasteiger partial charge >= 0.3 is 0 Å². The molecule has 5 atom stereocenters. The van der Waals surface area contributed by atoms with Gasteiger partial charge < -0.3 is 10.2 Å². The quantitative estimate of drug-likeness (QED) is 0.838. The van der Waals surface area contributed by atoms with Crippen LogP contribution in [0.5, 0.6) is 0 Å². The third kappa shape index (κ3) is 3.34. The second-order valence-corrected chi connectivity index (χ2v) is 9.89. The van der Waals surface area contributed by atoms with E-state index < -0.39 is 0 Å². The first-order chi connectivity index (χ1) is 13.6. The minimum absolute atomic E-state index is 0.250. The number of hydrogen-bond acceptors (Lipinski definition) is 3. The molecule has 1 aromatic rings. The molecule has 1 amide bonds. The maximum Gasteiger partial charge on any atom is 0.227 e. The molecule has 152 valence electrons. The van der Waals surface area contributed by atoms with Crippen LogP contribution in [-0.4, -0.2) is 42.5 Å². The molecule has 0 radical (unpaired) electrons. The van der Waals surface area contributed by atoms with Crippen LogP contribution in [0, 0.1) is 24.7 Å². The highest BCUT2D eigenvalue weighted by Crippen LogP contribution is 2.48. The van der Waals surface area contributed by atoms with Crippen molar-refractivity contribution >= 4 is 17.3 Å². The lowest BCUT2D eigenvalue weighted by Crippen LogP contribution is -2.39. The lowest BCUT2D eigenvalue weighted by molar-refractivity contribution is -0.121. The standard InChI is InChI=1S/C24H35N3O/c1-16-12-20(26-11-9-21(15-26)27-10-3-4-17(27)2)7-8-23(16)25-24(28)22-14-18-5-6-19(22)13-18/h7-8,12,17-19,21-22H,3-6,9-11,13-15H2,1-2H3,(H,25,28)/t17?,18-,19+,21?,22?/m1/s1. The van der Waals surface area contributed by atoms with Gasteiger partial charge in [0.05, 0.1) is 0 Å². The smallest absolute Gasteiger partial charge is 0.227 e. The van der Waals surface area contributed by atoms with Crippen molar-refractivity contribution in [3.8, 4) is 0 Å². The number of carbonyl (C=O) groups is 1. The molecule has 2 heterocycles. The summed E-state index contributed by atoms with van der Waals surface area (Å²) in [7, 11) is 0. The molecule has 28 heavy (non-hydrogen) atoms. The average Bonchev–Trinajstić information content (AvgIpc) is 3.47. The van der Waals surface area contributed by atoms with E-state index in [1.54, 1.807) is 0 Å². The predicted molar refractivity (Wildman–Crippen MR) is 115 cm³/mol. The Morgan fingerprint density at radius 3 is 2.68 bits per heavy atom. The summed E-state index contributed by atoms with van der Waals surface area (Å²) in [6.45, 7) is 8.07. The van der Waals surface area contributed by atoms with Crippen LogP contribution in [0.25, 0.3) is 0 Å². The number of amides is 1. The summed E-state index contributed by atoms with van der Waals surface area (Å²) in [4.78, 5) is 18.0. The Morgan fingerprint density at radius 2 is 2.00 bits per heavy atom. The van der Waals surface area contributed by atoms with Gasteiger partial charge in [-0.1, -0.05) is 6.42 Å². The monoisotopic (exact) mass is 381 g/mol. The topological polar surface area (TPSA) is 35.6 Å². The predicted octanol–water partition coefficient (Wildman–Crippen LogP) is 4.43. The van der Waals surface area contributed by atoms with Crippen LogP contribution >= 0.6 is 0 Å². The molecule has 4 aliphatic rings. The van der Waals surface area contributed by atoms with Crippen LogP contribution in [0.15, 0.2) is 18.2 Å². The second kappa shape index (κ2) is 7.37. The lowest BCUT2D eigenvalue weighted by Gasteiger charge is -2.29. The van der Waals surface area contributed by atoms with Crippen molar-refractivity contribution in [2.45, 2.75) is 70.9 Å². The SMILES string of the molecule is Cc1cc(N2CCC(N3CCCC3C)C2)ccc1NC(=O)C1C[C@@H]2CC[C@H]1C2. The minimum Gasteiger partial charge on any atom is -0.370 e. The Morgan fingerprint density at radius 1 is 1.11 bits per heavy atom. The van der Waals surface area contributed by atoms with Gasteiger partial charge in [0.25, 0.3) is 0 Å². The molecule has 1 aromatic carbocycles. The average molecular weight is 382 g/mol. The number of nitrogens with one attached hydrogen (secondary N) is 1. The van der Waals surface area contributed by atoms with E-state index in [1.807, 2.05) is 0 Å². The number of anilines is 2. The molecular formula is C24H35N3O. The van der Waals surface area contributed by atoms with Crippen molar-refractivity contribution in [3.05, 3.63) is 23.8 Å². The Balaban J connectivity index is 1.22. The van der Waals surface area contributed by atoms with Crippen LogP contribution in [0.3, 0.4) is 0 Å². The van der Waals surface area contributed by atoms with Crippen LogP contribution < -0.4 is 10.2 Å². The third-order valence-corrected chi connectivity index (χ3v) is 8.14. The van der Waals surface area contributed by atoms with Crippen LogP contribution in [-0.2, 0) is 4.79 Å². The highest BCUT2D eigenvalue weighted by atomic mass is 16.1. The number of hydrogen-bond donors (Lipinski definition) is 1. The van der Waals surface area contributed by atoms with E-state index in [0.29, 0.717) is 12.0 Å². The van der Waals surface area contributed by atoms with E-state index in [0.717, 1.165) is 37.2 Å². The van der Waals surface area contributed by atoms with Gasteiger partial charge in [0.2, 0.25) is 5.91 Å². The molecule has 5 rings (SSSR count). The van der Waals surface area contributed by atoms with Gasteiger partial charge in [-0.15, -0.1) is 0 Å². The molecule has 4 heteroatoms. The number of aryl methyl sites for hydroxylation is 1. The maximum atomic E-state index is 12.8. The first-order valence-corrected chi connectivity index (χ1v) is 11.5. The Labute approximate surface area is 169 Å². The van der Waals surface area contributed by atoms with Crippen molar-refractivity contribution in [1.82, 2.24) is 4.90 Å². The first-order valence-electron chi connectivity index (χ1n) is 11.5. The van der Waals surface area contributed by atoms with Crippen LogP contribution in [0.1, 0.15) is 57.4 Å². The van der Waals surface area contributed by atoms with Crippen molar-refractivity contribution in [3.63, 3.8) is 0 Å². The summed E-state index contributed by atoms with van der Waals surface area (Å²) in [5, 5.41) is 3.25. The fourth-order valence-corrected chi connectivity index (χ4v) is 6.52. The van der Waals surface area contributed by atoms with E-state index in [9.17, 15) is 4.79 Å². The van der Waals surface area contributed by atoms with Gasteiger partial charge in [-0.05, 0) is 94.5 Å². The molecule has 4 nitrogen and oxygen atoms in total. The van der Waals surface area contributed by atoms with Gasteiger partial charge in [-0.2, -0.15) is 0 Å². The number of benzene rings is 1. The number of fused-ring (bicyclic) bond motifs is 2. The second-order valence-electron chi connectivity index (χ2n) is 9.89. The van der Waals surface area contributed by atoms with Crippen LogP contribution in [0.2, 0.25) is 0 Å². The summed E-state index contributed by atoms with van der Waals surface area (Å²) in [6.07, 6.45) is 8.97. The Kier molecular flexibility index (Phi) is 4.86. The third-order valence-electron chi connectivity index (χ3n) is 8.14. The van der Waals surface area contributed by atoms with E-state index in [4.69, 9.17) is 0 Å². The molecular weight excluding hydrogens is 346 g/mol.